The molecule has 10 heteroatoms. The molecule has 0 radical (unpaired) electrons. The van der Waals surface area contributed by atoms with Crippen LogP contribution in [0.2, 0.25) is 0 Å². The molecule has 1 amide bonds. The van der Waals surface area contributed by atoms with Gasteiger partial charge in [-0.05, 0) is 49.6 Å². The van der Waals surface area contributed by atoms with E-state index in [4.69, 9.17) is 9.47 Å². The van der Waals surface area contributed by atoms with E-state index in [1.165, 1.54) is 16.5 Å². The van der Waals surface area contributed by atoms with Gasteiger partial charge in [0.2, 0.25) is 5.91 Å². The molecule has 4 aromatic rings. The second kappa shape index (κ2) is 10.9. The SMILES string of the molecule is O=C([C@@H]1CCNC[C@H]1c1ccccc1)N1CCC(O)(Cn2cnc3c(ccn3-c3ccc4c(c3)OCCO4)c2=O)CC1. The normalized spacial score (nSPS) is 21.8. The molecule has 2 aromatic heterocycles. The molecule has 10 nitrogen and oxygen atoms in total. The van der Waals surface area contributed by atoms with E-state index in [1.807, 2.05) is 52.1 Å². The number of benzene rings is 2. The molecule has 2 fully saturated rings. The first-order valence-electron chi connectivity index (χ1n) is 14.7. The van der Waals surface area contributed by atoms with Gasteiger partial charge in [0.15, 0.2) is 17.1 Å². The summed E-state index contributed by atoms with van der Waals surface area (Å²) in [5.41, 5.74) is 1.24. The van der Waals surface area contributed by atoms with Crippen LogP contribution in [-0.2, 0) is 11.3 Å². The summed E-state index contributed by atoms with van der Waals surface area (Å²) in [7, 11) is 0. The molecular weight excluding hydrogens is 534 g/mol. The molecule has 0 saturated carbocycles. The van der Waals surface area contributed by atoms with Crippen LogP contribution >= 0.6 is 0 Å². The molecule has 0 spiro atoms. The number of hydrogen-bond acceptors (Lipinski definition) is 7. The molecule has 0 bridgehead atoms. The minimum absolute atomic E-state index is 0.0766. The van der Waals surface area contributed by atoms with Gasteiger partial charge in [-0.15, -0.1) is 0 Å². The van der Waals surface area contributed by atoms with Gasteiger partial charge < -0.3 is 29.4 Å². The van der Waals surface area contributed by atoms with Crippen molar-refractivity contribution >= 4 is 16.9 Å². The third-order valence-corrected chi connectivity index (χ3v) is 8.97. The van der Waals surface area contributed by atoms with Crippen molar-refractivity contribution in [2.75, 3.05) is 39.4 Å². The van der Waals surface area contributed by atoms with Crippen LogP contribution in [0.5, 0.6) is 11.5 Å². The van der Waals surface area contributed by atoms with Gasteiger partial charge in [-0.25, -0.2) is 4.98 Å². The Labute approximate surface area is 243 Å². The molecule has 3 aliphatic rings. The van der Waals surface area contributed by atoms with Crippen molar-refractivity contribution in [1.82, 2.24) is 24.3 Å². The standard InChI is InChI=1S/C32H35N5O5/c38-30(24-8-12-33-19-26(24)22-4-2-1-3-5-22)35-14-10-32(40,11-15-35)20-36-21-34-29-25(31(36)39)9-13-37(29)23-6-7-27-28(18-23)42-17-16-41-27/h1-7,9,13,18,21,24,26,33,40H,8,10-12,14-17,19-20H2/t24-,26+/m1/s1. The number of likely N-dealkylation sites (tertiary alicyclic amines) is 1. The Balaban J connectivity index is 1.05. The van der Waals surface area contributed by atoms with Gasteiger partial charge >= 0.3 is 0 Å². The van der Waals surface area contributed by atoms with Gasteiger partial charge in [-0.1, -0.05) is 30.3 Å². The summed E-state index contributed by atoms with van der Waals surface area (Å²) in [5, 5.41) is 15.4. The Kier molecular flexibility index (Phi) is 6.95. The van der Waals surface area contributed by atoms with Crippen molar-refractivity contribution in [2.45, 2.75) is 37.3 Å². The van der Waals surface area contributed by atoms with Crippen LogP contribution in [0.4, 0.5) is 0 Å². The lowest BCUT2D eigenvalue weighted by Gasteiger charge is -2.41. The lowest BCUT2D eigenvalue weighted by atomic mass is 9.80. The predicted molar refractivity (Wildman–Crippen MR) is 157 cm³/mol. The third kappa shape index (κ3) is 4.94. The van der Waals surface area contributed by atoms with E-state index in [2.05, 4.69) is 22.4 Å². The van der Waals surface area contributed by atoms with E-state index < -0.39 is 5.60 Å². The van der Waals surface area contributed by atoms with Gasteiger partial charge in [0.05, 0.1) is 23.2 Å². The highest BCUT2D eigenvalue weighted by Crippen LogP contribution is 2.34. The molecular formula is C32H35N5O5. The number of nitrogens with zero attached hydrogens (tertiary/aromatic N) is 4. The molecule has 5 heterocycles. The van der Waals surface area contributed by atoms with Crippen LogP contribution in [0, 0.1) is 5.92 Å². The van der Waals surface area contributed by atoms with Crippen LogP contribution in [0.1, 0.15) is 30.7 Å². The Morgan fingerprint density at radius 3 is 2.64 bits per heavy atom. The predicted octanol–water partition coefficient (Wildman–Crippen LogP) is 2.71. The molecule has 2 atom stereocenters. The Hall–Kier alpha value is -4.15. The number of carbonyl (C=O) groups is 1. The second-order valence-electron chi connectivity index (χ2n) is 11.6. The molecule has 2 N–H and O–H groups in total. The van der Waals surface area contributed by atoms with Crippen LogP contribution in [0.25, 0.3) is 16.7 Å². The lowest BCUT2D eigenvalue weighted by molar-refractivity contribution is -0.141. The molecule has 0 unspecified atom stereocenters. The summed E-state index contributed by atoms with van der Waals surface area (Å²) in [6.07, 6.45) is 4.93. The smallest absolute Gasteiger partial charge is 0.262 e. The maximum absolute atomic E-state index is 13.6. The Bertz CT molecular complexity index is 1660. The van der Waals surface area contributed by atoms with Gasteiger partial charge in [0.1, 0.15) is 19.5 Å². The first kappa shape index (κ1) is 26.7. The number of fused-ring (bicyclic) bond motifs is 2. The molecule has 42 heavy (non-hydrogen) atoms. The summed E-state index contributed by atoms with van der Waals surface area (Å²) < 4.78 is 14.7. The van der Waals surface area contributed by atoms with Crippen molar-refractivity contribution in [2.24, 2.45) is 5.92 Å². The summed E-state index contributed by atoms with van der Waals surface area (Å²) in [5.74, 6) is 1.58. The number of piperidine rings is 2. The summed E-state index contributed by atoms with van der Waals surface area (Å²) >= 11 is 0. The summed E-state index contributed by atoms with van der Waals surface area (Å²) in [4.78, 5) is 33.6. The highest BCUT2D eigenvalue weighted by atomic mass is 16.6. The molecule has 218 valence electrons. The zero-order valence-corrected chi connectivity index (χ0v) is 23.4. The fourth-order valence-electron chi connectivity index (χ4n) is 6.61. The number of rotatable bonds is 5. The Morgan fingerprint density at radius 1 is 1.05 bits per heavy atom. The van der Waals surface area contributed by atoms with Crippen molar-refractivity contribution in [3.63, 3.8) is 0 Å². The van der Waals surface area contributed by atoms with E-state index in [0.717, 1.165) is 25.2 Å². The second-order valence-corrected chi connectivity index (χ2v) is 11.6. The fourth-order valence-corrected chi connectivity index (χ4v) is 6.61. The van der Waals surface area contributed by atoms with E-state index >= 15 is 0 Å². The van der Waals surface area contributed by atoms with Crippen molar-refractivity contribution in [1.29, 1.82) is 0 Å². The molecule has 7 rings (SSSR count). The Morgan fingerprint density at radius 2 is 1.83 bits per heavy atom. The number of carbonyl (C=O) groups excluding carboxylic acids is 1. The molecule has 0 aliphatic carbocycles. The highest BCUT2D eigenvalue weighted by molar-refractivity contribution is 5.80. The van der Waals surface area contributed by atoms with E-state index in [9.17, 15) is 14.7 Å². The van der Waals surface area contributed by atoms with Gasteiger partial charge in [0, 0.05) is 43.7 Å². The largest absolute Gasteiger partial charge is 0.486 e. The van der Waals surface area contributed by atoms with Gasteiger partial charge in [-0.2, -0.15) is 0 Å². The minimum Gasteiger partial charge on any atom is -0.486 e. The lowest BCUT2D eigenvalue weighted by Crippen LogP contribution is -2.52. The van der Waals surface area contributed by atoms with Gasteiger partial charge in [0.25, 0.3) is 5.56 Å². The third-order valence-electron chi connectivity index (χ3n) is 8.97. The van der Waals surface area contributed by atoms with Crippen molar-refractivity contribution in [3.8, 4) is 17.2 Å². The highest BCUT2D eigenvalue weighted by Gasteiger charge is 2.39. The minimum atomic E-state index is -1.10. The zero-order valence-electron chi connectivity index (χ0n) is 23.4. The maximum Gasteiger partial charge on any atom is 0.262 e. The summed E-state index contributed by atoms with van der Waals surface area (Å²) in [6.45, 7) is 3.68. The van der Waals surface area contributed by atoms with Crippen LogP contribution in [0.3, 0.4) is 0 Å². The zero-order chi connectivity index (χ0) is 28.7. The number of hydrogen-bond donors (Lipinski definition) is 2. The molecule has 2 saturated heterocycles. The summed E-state index contributed by atoms with van der Waals surface area (Å²) in [6, 6.07) is 17.6. The number of aromatic nitrogens is 3. The van der Waals surface area contributed by atoms with Crippen LogP contribution in [-0.4, -0.2) is 75.0 Å². The maximum atomic E-state index is 13.6. The monoisotopic (exact) mass is 569 g/mol. The average molecular weight is 570 g/mol. The topological polar surface area (TPSA) is 111 Å². The van der Waals surface area contributed by atoms with Crippen molar-refractivity contribution in [3.05, 3.63) is 83.0 Å². The average Bonchev–Trinajstić information content (AvgIpc) is 3.48. The number of aliphatic hydroxyl groups is 1. The number of ether oxygens (including phenoxy) is 2. The van der Waals surface area contributed by atoms with Crippen LogP contribution < -0.4 is 20.3 Å². The number of amides is 1. The van der Waals surface area contributed by atoms with Crippen molar-refractivity contribution < 1.29 is 19.4 Å². The first-order valence-corrected chi connectivity index (χ1v) is 14.7. The van der Waals surface area contributed by atoms with Gasteiger partial charge in [-0.3, -0.25) is 14.2 Å². The van der Waals surface area contributed by atoms with Crippen LogP contribution in [0.15, 0.2) is 71.9 Å². The quantitative estimate of drug-likeness (QED) is 0.380. The van der Waals surface area contributed by atoms with E-state index in [-0.39, 0.29) is 29.8 Å². The number of nitrogens with one attached hydrogen (secondary N) is 1. The fraction of sp³-hybridized carbons (Fsp3) is 0.406. The van der Waals surface area contributed by atoms with E-state index in [0.29, 0.717) is 61.7 Å². The molecule has 2 aromatic carbocycles. The van der Waals surface area contributed by atoms with E-state index in [1.54, 1.807) is 6.07 Å². The first-order chi connectivity index (χ1) is 20.5. The molecule has 3 aliphatic heterocycles.